The van der Waals surface area contributed by atoms with E-state index in [9.17, 15) is 4.79 Å². The highest BCUT2D eigenvalue weighted by atomic mass is 16.1. The smallest absolute Gasteiger partial charge is 0.271 e. The maximum atomic E-state index is 11.6. The molecule has 2 aromatic rings. The Morgan fingerprint density at radius 3 is 2.65 bits per heavy atom. The van der Waals surface area contributed by atoms with Gasteiger partial charge in [-0.3, -0.25) is 9.48 Å². The van der Waals surface area contributed by atoms with Crippen molar-refractivity contribution in [3.8, 4) is 0 Å². The van der Waals surface area contributed by atoms with E-state index in [0.717, 1.165) is 18.8 Å². The van der Waals surface area contributed by atoms with Crippen molar-refractivity contribution >= 4 is 11.7 Å². The van der Waals surface area contributed by atoms with E-state index < -0.39 is 0 Å². The molecule has 2 aromatic heterocycles. The maximum Gasteiger partial charge on any atom is 0.271 e. The van der Waals surface area contributed by atoms with Gasteiger partial charge in [0.05, 0.1) is 5.69 Å². The average molecular weight is 316 g/mol. The van der Waals surface area contributed by atoms with Crippen LogP contribution in [-0.2, 0) is 6.54 Å². The number of nitrogens with zero attached hydrogens (tertiary/aromatic N) is 4. The second-order valence-electron chi connectivity index (χ2n) is 5.76. The van der Waals surface area contributed by atoms with Crippen molar-refractivity contribution in [1.82, 2.24) is 25.3 Å². The topological polar surface area (TPSA) is 84.7 Å². The van der Waals surface area contributed by atoms with E-state index in [1.807, 2.05) is 18.5 Å². The normalized spacial score (nSPS) is 12.0. The minimum Gasteiger partial charge on any atom is -0.368 e. The van der Waals surface area contributed by atoms with E-state index >= 15 is 0 Å². The Labute approximate surface area is 136 Å². The molecule has 1 atom stereocenters. The lowest BCUT2D eigenvalue weighted by molar-refractivity contribution is 0.0950. The number of aryl methyl sites for hydroxylation is 2. The molecule has 0 bridgehead atoms. The number of hydrogen-bond acceptors (Lipinski definition) is 5. The van der Waals surface area contributed by atoms with E-state index in [0.29, 0.717) is 24.0 Å². The zero-order valence-corrected chi connectivity index (χ0v) is 14.1. The molecule has 2 heterocycles. The predicted molar refractivity (Wildman–Crippen MR) is 89.4 cm³/mol. The summed E-state index contributed by atoms with van der Waals surface area (Å²) >= 11 is 0. The van der Waals surface area contributed by atoms with Crippen LogP contribution < -0.4 is 10.6 Å². The molecule has 2 N–H and O–H groups in total. The quantitative estimate of drug-likeness (QED) is 0.813. The molecule has 2 rings (SSSR count). The SMILES string of the molecule is CCNC(=O)c1ccc(NCC(C)Cn2nc(C)cc2C)nn1. The minimum absolute atomic E-state index is 0.204. The Hall–Kier alpha value is -2.44. The van der Waals surface area contributed by atoms with E-state index in [-0.39, 0.29) is 5.91 Å². The molecule has 0 saturated heterocycles. The Balaban J connectivity index is 1.85. The van der Waals surface area contributed by atoms with Gasteiger partial charge < -0.3 is 10.6 Å². The molecule has 7 nitrogen and oxygen atoms in total. The van der Waals surface area contributed by atoms with E-state index in [2.05, 4.69) is 45.8 Å². The lowest BCUT2D eigenvalue weighted by atomic mass is 10.2. The molecule has 23 heavy (non-hydrogen) atoms. The zero-order chi connectivity index (χ0) is 16.8. The van der Waals surface area contributed by atoms with Crippen LogP contribution in [0.5, 0.6) is 0 Å². The van der Waals surface area contributed by atoms with Crippen molar-refractivity contribution in [2.75, 3.05) is 18.4 Å². The van der Waals surface area contributed by atoms with Gasteiger partial charge in [0.1, 0.15) is 5.82 Å². The molecule has 7 heteroatoms. The van der Waals surface area contributed by atoms with Gasteiger partial charge in [-0.05, 0) is 44.9 Å². The molecule has 0 aromatic carbocycles. The Morgan fingerprint density at radius 2 is 2.09 bits per heavy atom. The van der Waals surface area contributed by atoms with Crippen LogP contribution in [-0.4, -0.2) is 39.0 Å². The number of amides is 1. The van der Waals surface area contributed by atoms with Gasteiger partial charge in [-0.25, -0.2) is 0 Å². The molecule has 0 aliphatic carbocycles. The van der Waals surface area contributed by atoms with Gasteiger partial charge in [0, 0.05) is 25.3 Å². The van der Waals surface area contributed by atoms with Crippen molar-refractivity contribution in [2.24, 2.45) is 5.92 Å². The highest BCUT2D eigenvalue weighted by Gasteiger charge is 2.09. The first-order valence-electron chi connectivity index (χ1n) is 7.86. The highest BCUT2D eigenvalue weighted by Crippen LogP contribution is 2.08. The van der Waals surface area contributed by atoms with Gasteiger partial charge in [0.2, 0.25) is 0 Å². The van der Waals surface area contributed by atoms with Crippen LogP contribution in [0.15, 0.2) is 18.2 Å². The van der Waals surface area contributed by atoms with Crippen LogP contribution in [0.25, 0.3) is 0 Å². The van der Waals surface area contributed by atoms with Gasteiger partial charge in [-0.1, -0.05) is 6.92 Å². The zero-order valence-electron chi connectivity index (χ0n) is 14.1. The standard InChI is InChI=1S/C16H24N6O/c1-5-17-16(23)14-6-7-15(20-19-14)18-9-11(2)10-22-13(4)8-12(3)21-22/h6-8,11H,5,9-10H2,1-4H3,(H,17,23)(H,18,20). The largest absolute Gasteiger partial charge is 0.368 e. The first kappa shape index (κ1) is 16.9. The minimum atomic E-state index is -0.204. The van der Waals surface area contributed by atoms with Crippen LogP contribution in [0.3, 0.4) is 0 Å². The highest BCUT2D eigenvalue weighted by molar-refractivity contribution is 5.92. The fourth-order valence-electron chi connectivity index (χ4n) is 2.30. The van der Waals surface area contributed by atoms with Crippen LogP contribution in [0.1, 0.15) is 35.7 Å². The molecule has 0 radical (unpaired) electrons. The molecule has 1 unspecified atom stereocenters. The van der Waals surface area contributed by atoms with Crippen LogP contribution in [0, 0.1) is 19.8 Å². The number of carbonyl (C=O) groups excluding carboxylic acids is 1. The predicted octanol–water partition coefficient (Wildman–Crippen LogP) is 1.79. The van der Waals surface area contributed by atoms with Crippen molar-refractivity contribution in [3.05, 3.63) is 35.3 Å². The van der Waals surface area contributed by atoms with Gasteiger partial charge in [0.15, 0.2) is 5.69 Å². The van der Waals surface area contributed by atoms with Crippen LogP contribution in [0.2, 0.25) is 0 Å². The molecular weight excluding hydrogens is 292 g/mol. The summed E-state index contributed by atoms with van der Waals surface area (Å²) in [5, 5.41) is 18.4. The second kappa shape index (κ2) is 7.71. The van der Waals surface area contributed by atoms with Crippen LogP contribution in [0.4, 0.5) is 5.82 Å². The summed E-state index contributed by atoms with van der Waals surface area (Å²) in [5.74, 6) is 0.848. The summed E-state index contributed by atoms with van der Waals surface area (Å²) in [7, 11) is 0. The number of anilines is 1. The summed E-state index contributed by atoms with van der Waals surface area (Å²) in [6, 6.07) is 5.52. The van der Waals surface area contributed by atoms with Crippen molar-refractivity contribution in [2.45, 2.75) is 34.2 Å². The number of rotatable bonds is 7. The summed E-state index contributed by atoms with van der Waals surface area (Å²) in [6.45, 7) is 10.3. The Kier molecular flexibility index (Phi) is 5.67. The molecule has 0 saturated carbocycles. The summed E-state index contributed by atoms with van der Waals surface area (Å²) < 4.78 is 2.02. The van der Waals surface area contributed by atoms with Crippen molar-refractivity contribution in [1.29, 1.82) is 0 Å². The van der Waals surface area contributed by atoms with Crippen LogP contribution >= 0.6 is 0 Å². The Bertz CT molecular complexity index is 649. The fraction of sp³-hybridized carbons (Fsp3) is 0.500. The number of aromatic nitrogens is 4. The molecule has 0 spiro atoms. The number of carbonyl (C=O) groups is 1. The molecule has 0 aliphatic rings. The second-order valence-corrected chi connectivity index (χ2v) is 5.76. The summed E-state index contributed by atoms with van der Waals surface area (Å²) in [4.78, 5) is 11.6. The van der Waals surface area contributed by atoms with Gasteiger partial charge in [-0.2, -0.15) is 5.10 Å². The van der Waals surface area contributed by atoms with E-state index in [1.165, 1.54) is 5.69 Å². The maximum absolute atomic E-state index is 11.6. The summed E-state index contributed by atoms with van der Waals surface area (Å²) in [6.07, 6.45) is 0. The molecular formula is C16H24N6O. The van der Waals surface area contributed by atoms with Gasteiger partial charge in [-0.15, -0.1) is 10.2 Å². The number of hydrogen-bond donors (Lipinski definition) is 2. The Morgan fingerprint density at radius 1 is 1.30 bits per heavy atom. The third-order valence-corrected chi connectivity index (χ3v) is 3.45. The van der Waals surface area contributed by atoms with Gasteiger partial charge in [0.25, 0.3) is 5.91 Å². The van der Waals surface area contributed by atoms with Gasteiger partial charge >= 0.3 is 0 Å². The third kappa shape index (κ3) is 4.77. The lowest BCUT2D eigenvalue weighted by Gasteiger charge is -2.14. The third-order valence-electron chi connectivity index (χ3n) is 3.45. The number of nitrogens with one attached hydrogen (secondary N) is 2. The van der Waals surface area contributed by atoms with E-state index in [1.54, 1.807) is 12.1 Å². The first-order valence-corrected chi connectivity index (χ1v) is 7.86. The fourth-order valence-corrected chi connectivity index (χ4v) is 2.30. The van der Waals surface area contributed by atoms with E-state index in [4.69, 9.17) is 0 Å². The molecule has 0 aliphatic heterocycles. The monoisotopic (exact) mass is 316 g/mol. The average Bonchev–Trinajstić information content (AvgIpc) is 2.83. The first-order chi connectivity index (χ1) is 11.0. The summed E-state index contributed by atoms with van der Waals surface area (Å²) in [5.41, 5.74) is 2.53. The molecule has 1 amide bonds. The lowest BCUT2D eigenvalue weighted by Crippen LogP contribution is -2.24. The molecule has 0 fully saturated rings. The van der Waals surface area contributed by atoms with Crippen molar-refractivity contribution < 1.29 is 4.79 Å². The van der Waals surface area contributed by atoms with Crippen molar-refractivity contribution in [3.63, 3.8) is 0 Å². The molecule has 124 valence electrons.